The number of rotatable bonds is 3. The zero-order valence-corrected chi connectivity index (χ0v) is 11.4. The summed E-state index contributed by atoms with van der Waals surface area (Å²) in [5.74, 6) is 0.0781. The van der Waals surface area contributed by atoms with Crippen LogP contribution >= 0.6 is 24.2 Å². The number of hydrogen-bond donors (Lipinski definition) is 2. The van der Waals surface area contributed by atoms with Crippen LogP contribution in [0.3, 0.4) is 0 Å². The quantitative estimate of drug-likeness (QED) is 0.831. The Hall–Kier alpha value is -0.710. The predicted octanol–water partition coefficient (Wildman–Crippen LogP) is 2.52. The van der Waals surface area contributed by atoms with Gasteiger partial charge in [0.2, 0.25) is 5.91 Å². The summed E-state index contributed by atoms with van der Waals surface area (Å²) >= 11 is 1.70. The Bertz CT molecular complexity index is 363. The fourth-order valence-electron chi connectivity index (χ4n) is 1.81. The fraction of sp³-hybridized carbons (Fsp3) is 0.417. The van der Waals surface area contributed by atoms with Crippen LogP contribution in [0.1, 0.15) is 12.8 Å². The highest BCUT2D eigenvalue weighted by atomic mass is 35.5. The second-order valence-electron chi connectivity index (χ2n) is 3.87. The van der Waals surface area contributed by atoms with Crippen LogP contribution in [0.2, 0.25) is 0 Å². The molecule has 0 spiro atoms. The Balaban J connectivity index is 0.00000144. The summed E-state index contributed by atoms with van der Waals surface area (Å²) in [5, 5.41) is 6.11. The minimum absolute atomic E-state index is 0. The molecular formula is C12H17ClN2OS. The van der Waals surface area contributed by atoms with Gasteiger partial charge in [0.25, 0.3) is 0 Å². The van der Waals surface area contributed by atoms with E-state index in [1.165, 1.54) is 4.90 Å². The Morgan fingerprint density at radius 1 is 1.41 bits per heavy atom. The van der Waals surface area contributed by atoms with Gasteiger partial charge in [-0.25, -0.2) is 0 Å². The molecule has 17 heavy (non-hydrogen) atoms. The van der Waals surface area contributed by atoms with Gasteiger partial charge in [0.1, 0.15) is 0 Å². The Labute approximate surface area is 112 Å². The molecule has 1 amide bonds. The van der Waals surface area contributed by atoms with Gasteiger partial charge in [-0.15, -0.1) is 24.2 Å². The van der Waals surface area contributed by atoms with Crippen LogP contribution in [-0.2, 0) is 4.79 Å². The smallest absolute Gasteiger partial charge is 0.241 e. The van der Waals surface area contributed by atoms with Crippen molar-refractivity contribution in [3.05, 3.63) is 24.3 Å². The van der Waals surface area contributed by atoms with Crippen molar-refractivity contribution in [2.75, 3.05) is 18.1 Å². The summed E-state index contributed by atoms with van der Waals surface area (Å²) in [5.41, 5.74) is 0.872. The Morgan fingerprint density at radius 2 is 2.12 bits per heavy atom. The normalized spacial score (nSPS) is 18.5. The molecule has 1 saturated heterocycles. The number of nitrogens with one attached hydrogen (secondary N) is 2. The molecule has 1 aromatic carbocycles. The van der Waals surface area contributed by atoms with Crippen molar-refractivity contribution in [2.24, 2.45) is 0 Å². The maximum absolute atomic E-state index is 11.8. The highest BCUT2D eigenvalue weighted by Gasteiger charge is 2.21. The van der Waals surface area contributed by atoms with Crippen LogP contribution in [0, 0.1) is 0 Å². The van der Waals surface area contributed by atoms with E-state index in [0.29, 0.717) is 0 Å². The van der Waals surface area contributed by atoms with Crippen LogP contribution in [-0.4, -0.2) is 24.7 Å². The number of amides is 1. The molecule has 5 heteroatoms. The second-order valence-corrected chi connectivity index (χ2v) is 4.75. The molecule has 2 rings (SSSR count). The fourth-order valence-corrected chi connectivity index (χ4v) is 2.22. The van der Waals surface area contributed by atoms with Crippen molar-refractivity contribution < 1.29 is 4.79 Å². The van der Waals surface area contributed by atoms with Crippen molar-refractivity contribution in [1.29, 1.82) is 0 Å². The minimum Gasteiger partial charge on any atom is -0.325 e. The van der Waals surface area contributed by atoms with E-state index in [1.807, 2.05) is 30.5 Å². The number of hydrogen-bond acceptors (Lipinski definition) is 3. The molecule has 1 aliphatic heterocycles. The zero-order chi connectivity index (χ0) is 11.4. The molecule has 0 bridgehead atoms. The van der Waals surface area contributed by atoms with Crippen LogP contribution in [0.4, 0.5) is 5.69 Å². The third kappa shape index (κ3) is 3.91. The largest absolute Gasteiger partial charge is 0.325 e. The van der Waals surface area contributed by atoms with E-state index < -0.39 is 0 Å². The molecule has 2 N–H and O–H groups in total. The van der Waals surface area contributed by atoms with Crippen LogP contribution in [0.5, 0.6) is 0 Å². The van der Waals surface area contributed by atoms with E-state index in [0.717, 1.165) is 25.1 Å². The third-order valence-electron chi connectivity index (χ3n) is 2.73. The highest BCUT2D eigenvalue weighted by Crippen LogP contribution is 2.18. The number of carbonyl (C=O) groups excluding carboxylic acids is 1. The van der Waals surface area contributed by atoms with Crippen LogP contribution in [0.25, 0.3) is 0 Å². The lowest BCUT2D eigenvalue weighted by Crippen LogP contribution is -2.35. The Kier molecular flexibility index (Phi) is 5.82. The van der Waals surface area contributed by atoms with Gasteiger partial charge in [0, 0.05) is 10.6 Å². The first-order chi connectivity index (χ1) is 7.79. The van der Waals surface area contributed by atoms with Gasteiger partial charge in [-0.3, -0.25) is 4.79 Å². The van der Waals surface area contributed by atoms with E-state index >= 15 is 0 Å². The van der Waals surface area contributed by atoms with Crippen molar-refractivity contribution in [3.8, 4) is 0 Å². The summed E-state index contributed by atoms with van der Waals surface area (Å²) < 4.78 is 0. The SMILES string of the molecule is CSc1ccc(NC(=O)[C@@H]2CCCN2)cc1.Cl. The molecule has 0 aliphatic carbocycles. The molecule has 0 saturated carbocycles. The lowest BCUT2D eigenvalue weighted by atomic mass is 10.2. The van der Waals surface area contributed by atoms with Gasteiger partial charge >= 0.3 is 0 Å². The number of carbonyl (C=O) groups is 1. The molecule has 1 fully saturated rings. The summed E-state index contributed by atoms with van der Waals surface area (Å²) in [6, 6.07) is 7.91. The topological polar surface area (TPSA) is 41.1 Å². The van der Waals surface area contributed by atoms with Gasteiger partial charge in [0.15, 0.2) is 0 Å². The van der Waals surface area contributed by atoms with Crippen molar-refractivity contribution in [3.63, 3.8) is 0 Å². The maximum atomic E-state index is 11.8. The number of halogens is 1. The summed E-state index contributed by atoms with van der Waals surface area (Å²) in [6.07, 6.45) is 4.06. The summed E-state index contributed by atoms with van der Waals surface area (Å²) in [4.78, 5) is 13.0. The monoisotopic (exact) mass is 272 g/mol. The molecule has 1 aliphatic rings. The number of benzene rings is 1. The van der Waals surface area contributed by atoms with Crippen molar-refractivity contribution >= 4 is 35.8 Å². The van der Waals surface area contributed by atoms with Gasteiger partial charge in [-0.05, 0) is 49.9 Å². The Morgan fingerprint density at radius 3 is 2.65 bits per heavy atom. The molecule has 1 aromatic rings. The molecule has 1 atom stereocenters. The second kappa shape index (κ2) is 6.89. The van der Waals surface area contributed by atoms with Gasteiger partial charge in [-0.1, -0.05) is 0 Å². The van der Waals surface area contributed by atoms with E-state index in [2.05, 4.69) is 10.6 Å². The highest BCUT2D eigenvalue weighted by molar-refractivity contribution is 7.98. The van der Waals surface area contributed by atoms with Gasteiger partial charge < -0.3 is 10.6 Å². The lowest BCUT2D eigenvalue weighted by Gasteiger charge is -2.11. The van der Waals surface area contributed by atoms with Gasteiger partial charge in [0.05, 0.1) is 6.04 Å². The van der Waals surface area contributed by atoms with Gasteiger partial charge in [-0.2, -0.15) is 0 Å². The van der Waals surface area contributed by atoms with E-state index in [4.69, 9.17) is 0 Å². The molecule has 1 heterocycles. The molecule has 3 nitrogen and oxygen atoms in total. The summed E-state index contributed by atoms with van der Waals surface area (Å²) in [7, 11) is 0. The first kappa shape index (κ1) is 14.4. The standard InChI is InChI=1S/C12H16N2OS.ClH/c1-16-10-6-4-9(5-7-10)14-12(15)11-3-2-8-13-11;/h4-7,11,13H,2-3,8H2,1H3,(H,14,15);1H/t11-;/m0./s1. The van der Waals surface area contributed by atoms with E-state index in [9.17, 15) is 4.79 Å². The molecule has 0 unspecified atom stereocenters. The average molecular weight is 273 g/mol. The molecular weight excluding hydrogens is 256 g/mol. The number of thioether (sulfide) groups is 1. The van der Waals surface area contributed by atoms with E-state index in [1.54, 1.807) is 11.8 Å². The minimum atomic E-state index is -0.0137. The maximum Gasteiger partial charge on any atom is 0.241 e. The zero-order valence-electron chi connectivity index (χ0n) is 9.73. The van der Waals surface area contributed by atoms with Crippen LogP contribution < -0.4 is 10.6 Å². The van der Waals surface area contributed by atoms with Crippen molar-refractivity contribution in [1.82, 2.24) is 5.32 Å². The molecule has 94 valence electrons. The van der Waals surface area contributed by atoms with Crippen LogP contribution in [0.15, 0.2) is 29.2 Å². The summed E-state index contributed by atoms with van der Waals surface area (Å²) in [6.45, 7) is 0.948. The van der Waals surface area contributed by atoms with E-state index in [-0.39, 0.29) is 24.4 Å². The predicted molar refractivity (Wildman–Crippen MR) is 75.1 cm³/mol. The van der Waals surface area contributed by atoms with Crippen molar-refractivity contribution in [2.45, 2.75) is 23.8 Å². The average Bonchev–Trinajstić information content (AvgIpc) is 2.83. The first-order valence-corrected chi connectivity index (χ1v) is 6.70. The first-order valence-electron chi connectivity index (χ1n) is 5.48. The molecule has 0 radical (unpaired) electrons. The number of anilines is 1. The third-order valence-corrected chi connectivity index (χ3v) is 3.48. The lowest BCUT2D eigenvalue weighted by molar-refractivity contribution is -0.117. The molecule has 0 aromatic heterocycles.